The van der Waals surface area contributed by atoms with E-state index in [4.69, 9.17) is 10.7 Å². The molecule has 0 heterocycles. The van der Waals surface area contributed by atoms with E-state index < -0.39 is 0 Å². The molecule has 0 aliphatic rings. The van der Waals surface area contributed by atoms with Crippen molar-refractivity contribution in [3.05, 3.63) is 33.2 Å². The molecule has 0 aliphatic heterocycles. The number of hydrogen-bond acceptors (Lipinski definition) is 2. The van der Waals surface area contributed by atoms with Crippen LogP contribution in [0.2, 0.25) is 0 Å². The van der Waals surface area contributed by atoms with Gasteiger partial charge < -0.3 is 0 Å². The lowest BCUT2D eigenvalue weighted by molar-refractivity contribution is 1.43. The largest absolute Gasteiger partial charge is 0.402 e. The molecule has 0 spiro atoms. The highest BCUT2D eigenvalue weighted by Crippen LogP contribution is 2.22. The summed E-state index contributed by atoms with van der Waals surface area (Å²) in [6.45, 7) is 0. The van der Waals surface area contributed by atoms with Gasteiger partial charge in [0, 0.05) is 10.5 Å². The number of benzene rings is 1. The van der Waals surface area contributed by atoms with Crippen molar-refractivity contribution >= 4 is 21.6 Å². The van der Waals surface area contributed by atoms with Gasteiger partial charge in [-0.15, -0.1) is 0 Å². The molecule has 1 rings (SSSR count). The predicted molar refractivity (Wildman–Crippen MR) is 43.6 cm³/mol. The normalized spacial score (nSPS) is 8.27. The van der Waals surface area contributed by atoms with Crippen LogP contribution in [0.5, 0.6) is 0 Å². The fourth-order valence-electron chi connectivity index (χ4n) is 0.685. The van der Waals surface area contributed by atoms with Gasteiger partial charge in [0.05, 0.1) is 0 Å². The zero-order chi connectivity index (χ0) is 8.27. The Labute approximate surface area is 72.0 Å². The second kappa shape index (κ2) is 3.14. The molecule has 4 heteroatoms. The molecule has 0 unspecified atom stereocenters. The van der Waals surface area contributed by atoms with Crippen molar-refractivity contribution in [2.75, 3.05) is 0 Å². The first-order valence-electron chi connectivity index (χ1n) is 2.82. The quantitative estimate of drug-likeness (QED) is 0.616. The fraction of sp³-hybridized carbons (Fsp3) is 0. The minimum atomic E-state index is 0.288. The molecule has 0 saturated heterocycles. The smallest absolute Gasteiger partial charge is 0.192 e. The SMILES string of the molecule is N#Cc1cc(Br)ccc1[N+]#N. The van der Waals surface area contributed by atoms with Gasteiger partial charge in [0.25, 0.3) is 0 Å². The van der Waals surface area contributed by atoms with Crippen LogP contribution in [0, 0.1) is 16.7 Å². The number of nitrogens with zero attached hydrogens (tertiary/aromatic N) is 3. The highest BCUT2D eigenvalue weighted by Gasteiger charge is 2.11. The summed E-state index contributed by atoms with van der Waals surface area (Å²) in [5, 5.41) is 16.9. The van der Waals surface area contributed by atoms with Crippen LogP contribution in [-0.4, -0.2) is 0 Å². The summed E-state index contributed by atoms with van der Waals surface area (Å²) in [4.78, 5) is 2.94. The number of diazo groups is 1. The van der Waals surface area contributed by atoms with Crippen molar-refractivity contribution in [2.24, 2.45) is 0 Å². The Morgan fingerprint density at radius 3 is 2.73 bits per heavy atom. The molecule has 0 radical (unpaired) electrons. The highest BCUT2D eigenvalue weighted by molar-refractivity contribution is 9.10. The molecule has 0 aromatic heterocycles. The van der Waals surface area contributed by atoms with Crippen LogP contribution in [0.4, 0.5) is 5.69 Å². The van der Waals surface area contributed by atoms with Crippen molar-refractivity contribution in [3.63, 3.8) is 0 Å². The van der Waals surface area contributed by atoms with E-state index in [1.165, 1.54) is 0 Å². The van der Waals surface area contributed by atoms with Gasteiger partial charge in [-0.05, 0) is 12.1 Å². The van der Waals surface area contributed by atoms with E-state index in [9.17, 15) is 0 Å². The Kier molecular flexibility index (Phi) is 2.20. The number of nitriles is 1. The lowest BCUT2D eigenvalue weighted by Crippen LogP contribution is -1.73. The second-order valence-electron chi connectivity index (χ2n) is 1.87. The van der Waals surface area contributed by atoms with Crippen LogP contribution in [0.3, 0.4) is 0 Å². The minimum absolute atomic E-state index is 0.288. The molecule has 0 fully saturated rings. The van der Waals surface area contributed by atoms with Crippen molar-refractivity contribution < 1.29 is 0 Å². The average molecular weight is 209 g/mol. The molecule has 1 aromatic carbocycles. The van der Waals surface area contributed by atoms with E-state index in [-0.39, 0.29) is 5.69 Å². The first kappa shape index (κ1) is 7.71. The zero-order valence-electron chi connectivity index (χ0n) is 5.45. The maximum absolute atomic E-state index is 8.53. The molecule has 11 heavy (non-hydrogen) atoms. The van der Waals surface area contributed by atoms with Gasteiger partial charge in [-0.1, -0.05) is 15.9 Å². The van der Waals surface area contributed by atoms with E-state index in [1.807, 2.05) is 6.07 Å². The molecule has 1 aromatic rings. The van der Waals surface area contributed by atoms with Gasteiger partial charge in [0.15, 0.2) is 4.98 Å². The molecule has 0 atom stereocenters. The molecular formula is C7H3BrN3+. The van der Waals surface area contributed by atoms with Crippen LogP contribution in [0.25, 0.3) is 4.98 Å². The third-order valence-corrected chi connectivity index (χ3v) is 1.68. The summed E-state index contributed by atoms with van der Waals surface area (Å²) in [5.41, 5.74) is 0.637. The van der Waals surface area contributed by atoms with E-state index in [1.54, 1.807) is 18.2 Å². The van der Waals surface area contributed by atoms with Crippen molar-refractivity contribution in [1.29, 1.82) is 10.7 Å². The first-order chi connectivity index (χ1) is 5.27. The summed E-state index contributed by atoms with van der Waals surface area (Å²) in [5.74, 6) is 0. The van der Waals surface area contributed by atoms with Crippen molar-refractivity contribution in [2.45, 2.75) is 0 Å². The lowest BCUT2D eigenvalue weighted by Gasteiger charge is -1.85. The summed E-state index contributed by atoms with van der Waals surface area (Å²) >= 11 is 3.19. The fourth-order valence-corrected chi connectivity index (χ4v) is 1.05. The predicted octanol–water partition coefficient (Wildman–Crippen LogP) is 2.81. The Balaban J connectivity index is 3.34. The Hall–Kier alpha value is -1.39. The summed E-state index contributed by atoms with van der Waals surface area (Å²) in [6, 6.07) is 6.76. The van der Waals surface area contributed by atoms with E-state index in [2.05, 4.69) is 20.9 Å². The zero-order valence-corrected chi connectivity index (χ0v) is 7.04. The number of rotatable bonds is 0. The van der Waals surface area contributed by atoms with Gasteiger partial charge in [0.2, 0.25) is 5.39 Å². The van der Waals surface area contributed by atoms with Crippen LogP contribution >= 0.6 is 15.9 Å². The minimum Gasteiger partial charge on any atom is -0.192 e. The molecule has 3 nitrogen and oxygen atoms in total. The molecule has 0 bridgehead atoms. The average Bonchev–Trinajstić information content (AvgIpc) is 2.04. The molecule has 52 valence electrons. The Bertz CT molecular complexity index is 359. The third-order valence-electron chi connectivity index (χ3n) is 1.19. The van der Waals surface area contributed by atoms with Gasteiger partial charge in [-0.3, -0.25) is 0 Å². The van der Waals surface area contributed by atoms with Crippen LogP contribution in [-0.2, 0) is 0 Å². The van der Waals surface area contributed by atoms with Gasteiger partial charge >= 0.3 is 5.69 Å². The highest BCUT2D eigenvalue weighted by atomic mass is 79.9. The summed E-state index contributed by atoms with van der Waals surface area (Å²) in [6.07, 6.45) is 0. The Morgan fingerprint density at radius 2 is 2.18 bits per heavy atom. The summed E-state index contributed by atoms with van der Waals surface area (Å²) < 4.78 is 0.793. The van der Waals surface area contributed by atoms with E-state index >= 15 is 0 Å². The summed E-state index contributed by atoms with van der Waals surface area (Å²) in [7, 11) is 0. The molecule has 0 saturated carbocycles. The molecule has 0 N–H and O–H groups in total. The van der Waals surface area contributed by atoms with E-state index in [0.717, 1.165) is 4.47 Å². The van der Waals surface area contributed by atoms with Crippen molar-refractivity contribution in [3.8, 4) is 6.07 Å². The maximum Gasteiger partial charge on any atom is 0.402 e. The second-order valence-corrected chi connectivity index (χ2v) is 2.79. The van der Waals surface area contributed by atoms with Crippen LogP contribution < -0.4 is 0 Å². The topological polar surface area (TPSA) is 51.9 Å². The van der Waals surface area contributed by atoms with E-state index in [0.29, 0.717) is 5.56 Å². The number of halogens is 1. The van der Waals surface area contributed by atoms with Crippen LogP contribution in [0.1, 0.15) is 5.56 Å². The first-order valence-corrected chi connectivity index (χ1v) is 3.62. The van der Waals surface area contributed by atoms with Gasteiger partial charge in [-0.2, -0.15) is 5.26 Å². The van der Waals surface area contributed by atoms with Crippen molar-refractivity contribution in [1.82, 2.24) is 0 Å². The third kappa shape index (κ3) is 1.54. The monoisotopic (exact) mass is 208 g/mol. The maximum atomic E-state index is 8.53. The lowest BCUT2D eigenvalue weighted by atomic mass is 10.2. The molecule has 0 aliphatic carbocycles. The molecular weight excluding hydrogens is 206 g/mol. The van der Waals surface area contributed by atoms with Gasteiger partial charge in [-0.25, -0.2) is 0 Å². The van der Waals surface area contributed by atoms with Crippen LogP contribution in [0.15, 0.2) is 22.7 Å². The standard InChI is InChI=1S/C7H3BrN3/c8-6-1-2-7(11-10)5(3-6)4-9/h1-3H/q+1. The Morgan fingerprint density at radius 1 is 1.45 bits per heavy atom. The molecule has 0 amide bonds. The number of hydrogen-bond donors (Lipinski definition) is 0. The van der Waals surface area contributed by atoms with Gasteiger partial charge in [0.1, 0.15) is 11.6 Å².